The summed E-state index contributed by atoms with van der Waals surface area (Å²) in [6.07, 6.45) is 2.26. The zero-order valence-corrected chi connectivity index (χ0v) is 10.5. The van der Waals surface area contributed by atoms with Crippen LogP contribution in [0.4, 0.5) is 0 Å². The maximum Gasteiger partial charge on any atom is -0.000823 e. The van der Waals surface area contributed by atoms with E-state index >= 15 is 0 Å². The van der Waals surface area contributed by atoms with Gasteiger partial charge in [-0.3, -0.25) is 0 Å². The molecule has 3 N–H and O–H groups in total. The molecular formula is C14H24N2. The Morgan fingerprint density at radius 2 is 1.94 bits per heavy atom. The van der Waals surface area contributed by atoms with Gasteiger partial charge in [0, 0.05) is 0 Å². The summed E-state index contributed by atoms with van der Waals surface area (Å²) in [5.41, 5.74) is 8.38. The molecule has 1 aromatic carbocycles. The summed E-state index contributed by atoms with van der Waals surface area (Å²) < 4.78 is 0. The van der Waals surface area contributed by atoms with Gasteiger partial charge in [-0.25, -0.2) is 0 Å². The number of benzene rings is 1. The molecule has 0 bridgehead atoms. The van der Waals surface area contributed by atoms with E-state index in [0.717, 1.165) is 32.5 Å². The van der Waals surface area contributed by atoms with Crippen LogP contribution in [-0.4, -0.2) is 19.6 Å². The molecule has 0 radical (unpaired) electrons. The van der Waals surface area contributed by atoms with Gasteiger partial charge in [-0.15, -0.1) is 0 Å². The fourth-order valence-electron chi connectivity index (χ4n) is 1.69. The van der Waals surface area contributed by atoms with Crippen LogP contribution in [0.25, 0.3) is 0 Å². The predicted octanol–water partition coefficient (Wildman–Crippen LogP) is 2.11. The molecule has 1 aromatic rings. The van der Waals surface area contributed by atoms with Gasteiger partial charge in [0.05, 0.1) is 0 Å². The van der Waals surface area contributed by atoms with E-state index in [1.54, 1.807) is 0 Å². The Morgan fingerprint density at radius 3 is 2.50 bits per heavy atom. The minimum Gasteiger partial charge on any atom is -0.330 e. The fourth-order valence-corrected chi connectivity index (χ4v) is 1.69. The minimum absolute atomic E-state index is 0.623. The van der Waals surface area contributed by atoms with Crippen LogP contribution in [0.1, 0.15) is 24.5 Å². The molecule has 1 unspecified atom stereocenters. The van der Waals surface area contributed by atoms with E-state index in [9.17, 15) is 0 Å². The quantitative estimate of drug-likeness (QED) is 0.691. The van der Waals surface area contributed by atoms with Gasteiger partial charge in [-0.2, -0.15) is 0 Å². The van der Waals surface area contributed by atoms with E-state index in [-0.39, 0.29) is 0 Å². The largest absolute Gasteiger partial charge is 0.330 e. The summed E-state index contributed by atoms with van der Waals surface area (Å²) in [5.74, 6) is 0.623. The Kier molecular flexibility index (Phi) is 6.12. The lowest BCUT2D eigenvalue weighted by atomic mass is 10.1. The first-order chi connectivity index (χ1) is 7.76. The number of rotatable bonds is 7. The average Bonchev–Trinajstić information content (AvgIpc) is 2.32. The van der Waals surface area contributed by atoms with Crippen LogP contribution >= 0.6 is 0 Å². The van der Waals surface area contributed by atoms with Crippen LogP contribution in [-0.2, 0) is 6.42 Å². The number of aryl methyl sites for hydroxylation is 1. The molecule has 90 valence electrons. The Balaban J connectivity index is 2.18. The Labute approximate surface area is 99.2 Å². The van der Waals surface area contributed by atoms with Crippen molar-refractivity contribution in [1.29, 1.82) is 0 Å². The highest BCUT2D eigenvalue weighted by molar-refractivity contribution is 5.21. The maximum absolute atomic E-state index is 5.65. The maximum atomic E-state index is 5.65. The van der Waals surface area contributed by atoms with E-state index in [4.69, 9.17) is 5.73 Å². The zero-order chi connectivity index (χ0) is 11.8. The lowest BCUT2D eigenvalue weighted by Gasteiger charge is -2.13. The molecule has 2 heteroatoms. The van der Waals surface area contributed by atoms with Gasteiger partial charge in [0.25, 0.3) is 0 Å². The summed E-state index contributed by atoms with van der Waals surface area (Å²) >= 11 is 0. The third-order valence-corrected chi connectivity index (χ3v) is 3.05. The third kappa shape index (κ3) is 4.77. The van der Waals surface area contributed by atoms with Crippen molar-refractivity contribution < 1.29 is 0 Å². The standard InChI is InChI=1S/C14H24N2/c1-3-13(10-15)11-16-9-8-14-6-4-12(2)5-7-14/h4-7,13,16H,3,8-11,15H2,1-2H3. The van der Waals surface area contributed by atoms with Gasteiger partial charge in [0.2, 0.25) is 0 Å². The third-order valence-electron chi connectivity index (χ3n) is 3.05. The summed E-state index contributed by atoms with van der Waals surface area (Å²) in [5, 5.41) is 3.47. The van der Waals surface area contributed by atoms with Crippen LogP contribution in [0.15, 0.2) is 24.3 Å². The molecule has 0 saturated heterocycles. The van der Waals surface area contributed by atoms with Crippen molar-refractivity contribution in [1.82, 2.24) is 5.32 Å². The minimum atomic E-state index is 0.623. The molecule has 16 heavy (non-hydrogen) atoms. The van der Waals surface area contributed by atoms with Gasteiger partial charge in [0.1, 0.15) is 0 Å². The van der Waals surface area contributed by atoms with Crippen LogP contribution in [0.5, 0.6) is 0 Å². The molecule has 0 spiro atoms. The van der Waals surface area contributed by atoms with E-state index in [1.807, 2.05) is 0 Å². The van der Waals surface area contributed by atoms with Crippen molar-refractivity contribution in [2.75, 3.05) is 19.6 Å². The van der Waals surface area contributed by atoms with Crippen molar-refractivity contribution in [3.63, 3.8) is 0 Å². The topological polar surface area (TPSA) is 38.0 Å². The van der Waals surface area contributed by atoms with Gasteiger partial charge in [0.15, 0.2) is 0 Å². The highest BCUT2D eigenvalue weighted by Crippen LogP contribution is 2.03. The number of nitrogens with one attached hydrogen (secondary N) is 1. The van der Waals surface area contributed by atoms with Crippen LogP contribution in [0, 0.1) is 12.8 Å². The van der Waals surface area contributed by atoms with Gasteiger partial charge in [-0.05, 0) is 44.5 Å². The van der Waals surface area contributed by atoms with Gasteiger partial charge < -0.3 is 11.1 Å². The van der Waals surface area contributed by atoms with Crippen LogP contribution in [0.2, 0.25) is 0 Å². The Morgan fingerprint density at radius 1 is 1.25 bits per heavy atom. The molecule has 0 aliphatic heterocycles. The smallest absolute Gasteiger partial charge is 0.000823 e. The van der Waals surface area contributed by atoms with Gasteiger partial charge in [-0.1, -0.05) is 43.2 Å². The van der Waals surface area contributed by atoms with Crippen molar-refractivity contribution in [3.05, 3.63) is 35.4 Å². The molecule has 1 atom stereocenters. The SMILES string of the molecule is CCC(CN)CNCCc1ccc(C)cc1. The van der Waals surface area contributed by atoms with Gasteiger partial charge >= 0.3 is 0 Å². The predicted molar refractivity (Wildman–Crippen MR) is 70.6 cm³/mol. The highest BCUT2D eigenvalue weighted by Gasteiger charge is 2.01. The number of nitrogens with two attached hydrogens (primary N) is 1. The zero-order valence-electron chi connectivity index (χ0n) is 10.5. The lowest BCUT2D eigenvalue weighted by molar-refractivity contribution is 0.474. The first-order valence-electron chi connectivity index (χ1n) is 6.22. The second-order valence-corrected chi connectivity index (χ2v) is 4.45. The first-order valence-corrected chi connectivity index (χ1v) is 6.22. The second kappa shape index (κ2) is 7.42. The normalized spacial score (nSPS) is 12.7. The van der Waals surface area contributed by atoms with Crippen molar-refractivity contribution in [2.24, 2.45) is 11.7 Å². The molecule has 0 amide bonds. The molecule has 0 aliphatic carbocycles. The highest BCUT2D eigenvalue weighted by atomic mass is 14.9. The summed E-state index contributed by atoms with van der Waals surface area (Å²) in [7, 11) is 0. The Hall–Kier alpha value is -0.860. The monoisotopic (exact) mass is 220 g/mol. The van der Waals surface area contributed by atoms with Crippen LogP contribution < -0.4 is 11.1 Å². The lowest BCUT2D eigenvalue weighted by Crippen LogP contribution is -2.29. The number of hydrogen-bond donors (Lipinski definition) is 2. The fraction of sp³-hybridized carbons (Fsp3) is 0.571. The van der Waals surface area contributed by atoms with E-state index < -0.39 is 0 Å². The summed E-state index contributed by atoms with van der Waals surface area (Å²) in [6, 6.07) is 8.75. The number of hydrogen-bond acceptors (Lipinski definition) is 2. The second-order valence-electron chi connectivity index (χ2n) is 4.45. The molecule has 0 heterocycles. The molecule has 1 rings (SSSR count). The molecule has 0 aliphatic rings. The van der Waals surface area contributed by atoms with Crippen molar-refractivity contribution in [3.8, 4) is 0 Å². The van der Waals surface area contributed by atoms with Crippen LogP contribution in [0.3, 0.4) is 0 Å². The molecule has 0 aromatic heterocycles. The van der Waals surface area contributed by atoms with E-state index in [0.29, 0.717) is 5.92 Å². The molecule has 2 nitrogen and oxygen atoms in total. The summed E-state index contributed by atoms with van der Waals surface area (Å²) in [4.78, 5) is 0. The average molecular weight is 220 g/mol. The molecule has 0 fully saturated rings. The van der Waals surface area contributed by atoms with Crippen molar-refractivity contribution >= 4 is 0 Å². The van der Waals surface area contributed by atoms with Crippen molar-refractivity contribution in [2.45, 2.75) is 26.7 Å². The molecular weight excluding hydrogens is 196 g/mol. The van der Waals surface area contributed by atoms with E-state index in [1.165, 1.54) is 11.1 Å². The molecule has 0 saturated carbocycles. The summed E-state index contributed by atoms with van der Waals surface area (Å²) in [6.45, 7) is 7.18. The first kappa shape index (κ1) is 13.2. The van der Waals surface area contributed by atoms with E-state index in [2.05, 4.69) is 43.4 Å². The Bertz CT molecular complexity index is 275.